The predicted molar refractivity (Wildman–Crippen MR) is 102 cm³/mol. The molecule has 1 N–H and O–H groups in total. The van der Waals surface area contributed by atoms with Crippen molar-refractivity contribution in [1.82, 2.24) is 9.88 Å². The minimum atomic E-state index is 0.897. The highest BCUT2D eigenvalue weighted by atomic mass is 15.1. The number of fused-ring (bicyclic) bond motifs is 1. The lowest BCUT2D eigenvalue weighted by molar-refractivity contribution is 0.195. The van der Waals surface area contributed by atoms with Gasteiger partial charge in [-0.15, -0.1) is 0 Å². The summed E-state index contributed by atoms with van der Waals surface area (Å²) in [6.07, 6.45) is 3.81. The smallest absolute Gasteiger partial charge is 0.0497 e. The predicted octanol–water partition coefficient (Wildman–Crippen LogP) is 5.11. The molecule has 1 aliphatic heterocycles. The van der Waals surface area contributed by atoms with Gasteiger partial charge in [0.15, 0.2) is 0 Å². The van der Waals surface area contributed by atoms with Crippen molar-refractivity contribution in [3.63, 3.8) is 0 Å². The molecule has 2 aromatic carbocycles. The zero-order valence-electron chi connectivity index (χ0n) is 14.5. The molecule has 1 aliphatic rings. The molecule has 0 atom stereocenters. The van der Waals surface area contributed by atoms with E-state index in [1.54, 1.807) is 0 Å². The highest BCUT2D eigenvalue weighted by molar-refractivity contribution is 5.90. The fourth-order valence-corrected chi connectivity index (χ4v) is 3.87. The van der Waals surface area contributed by atoms with Crippen molar-refractivity contribution in [2.45, 2.75) is 26.2 Å². The van der Waals surface area contributed by atoms with E-state index in [0.29, 0.717) is 0 Å². The molecule has 0 aliphatic carbocycles. The van der Waals surface area contributed by atoms with Crippen LogP contribution in [0.15, 0.2) is 54.6 Å². The lowest BCUT2D eigenvalue weighted by Crippen LogP contribution is -2.34. The van der Waals surface area contributed by atoms with E-state index in [4.69, 9.17) is 0 Å². The quantitative estimate of drug-likeness (QED) is 0.708. The third-order valence-electron chi connectivity index (χ3n) is 5.43. The van der Waals surface area contributed by atoms with E-state index in [-0.39, 0.29) is 0 Å². The number of para-hydroxylation sites is 1. The number of H-pyrrole nitrogens is 1. The molecule has 0 bridgehead atoms. The second-order valence-corrected chi connectivity index (χ2v) is 7.16. The number of benzene rings is 2. The van der Waals surface area contributed by atoms with Crippen LogP contribution in [0, 0.1) is 5.92 Å². The molecule has 0 spiro atoms. The van der Waals surface area contributed by atoms with E-state index in [2.05, 4.69) is 71.4 Å². The first-order valence-electron chi connectivity index (χ1n) is 9.18. The zero-order chi connectivity index (χ0) is 16.4. The fraction of sp³-hybridized carbons (Fsp3) is 0.364. The topological polar surface area (TPSA) is 19.0 Å². The van der Waals surface area contributed by atoms with Crippen LogP contribution in [-0.4, -0.2) is 29.5 Å². The van der Waals surface area contributed by atoms with Gasteiger partial charge in [0.25, 0.3) is 0 Å². The highest BCUT2D eigenvalue weighted by Crippen LogP contribution is 2.31. The van der Waals surface area contributed by atoms with Crippen molar-refractivity contribution in [3.05, 3.63) is 60.2 Å². The number of nitrogens with zero attached hydrogens (tertiary/aromatic N) is 1. The van der Waals surface area contributed by atoms with E-state index >= 15 is 0 Å². The Bertz CT molecular complexity index is 795. The summed E-state index contributed by atoms with van der Waals surface area (Å²) in [5.41, 5.74) is 5.30. The molecule has 0 amide bonds. The number of rotatable bonds is 4. The summed E-state index contributed by atoms with van der Waals surface area (Å²) in [6.45, 7) is 6.05. The molecule has 2 heterocycles. The molecule has 2 heteroatoms. The SMILES string of the molecule is CC1CCN(CCc2c(-c3ccccc3)[nH]c3ccccc23)CC1. The van der Waals surface area contributed by atoms with Crippen LogP contribution in [0.4, 0.5) is 0 Å². The van der Waals surface area contributed by atoms with Crippen LogP contribution in [0.1, 0.15) is 25.3 Å². The van der Waals surface area contributed by atoms with Gasteiger partial charge in [-0.1, -0.05) is 55.5 Å². The first-order chi connectivity index (χ1) is 11.8. The van der Waals surface area contributed by atoms with Crippen LogP contribution < -0.4 is 0 Å². The molecule has 3 aromatic rings. The molecule has 4 rings (SSSR count). The Hall–Kier alpha value is -2.06. The molecule has 1 aromatic heterocycles. The fourth-order valence-electron chi connectivity index (χ4n) is 3.87. The van der Waals surface area contributed by atoms with Gasteiger partial charge in [0.2, 0.25) is 0 Å². The van der Waals surface area contributed by atoms with E-state index in [1.165, 1.54) is 53.7 Å². The lowest BCUT2D eigenvalue weighted by Gasteiger charge is -2.30. The Morgan fingerprint density at radius 2 is 1.67 bits per heavy atom. The van der Waals surface area contributed by atoms with Crippen molar-refractivity contribution in [3.8, 4) is 11.3 Å². The number of hydrogen-bond donors (Lipinski definition) is 1. The second-order valence-electron chi connectivity index (χ2n) is 7.16. The van der Waals surface area contributed by atoms with Gasteiger partial charge in [0.1, 0.15) is 0 Å². The largest absolute Gasteiger partial charge is 0.354 e. The minimum Gasteiger partial charge on any atom is -0.354 e. The first kappa shape index (κ1) is 15.5. The summed E-state index contributed by atoms with van der Waals surface area (Å²) in [4.78, 5) is 6.29. The van der Waals surface area contributed by atoms with Crippen molar-refractivity contribution in [1.29, 1.82) is 0 Å². The first-order valence-corrected chi connectivity index (χ1v) is 9.18. The summed E-state index contributed by atoms with van der Waals surface area (Å²) >= 11 is 0. The third kappa shape index (κ3) is 3.11. The van der Waals surface area contributed by atoms with Gasteiger partial charge >= 0.3 is 0 Å². The van der Waals surface area contributed by atoms with Crippen LogP contribution in [0.5, 0.6) is 0 Å². The number of nitrogens with one attached hydrogen (secondary N) is 1. The van der Waals surface area contributed by atoms with Gasteiger partial charge in [-0.3, -0.25) is 0 Å². The van der Waals surface area contributed by atoms with Gasteiger partial charge in [-0.05, 0) is 55.5 Å². The molecule has 24 heavy (non-hydrogen) atoms. The van der Waals surface area contributed by atoms with Crippen molar-refractivity contribution < 1.29 is 0 Å². The standard InChI is InChI=1S/C22H26N2/c1-17-11-14-24(15-12-17)16-13-20-19-9-5-6-10-21(19)23-22(20)18-7-3-2-4-8-18/h2-10,17,23H,11-16H2,1H3. The Balaban J connectivity index is 1.63. The maximum absolute atomic E-state index is 3.66. The zero-order valence-corrected chi connectivity index (χ0v) is 14.5. The van der Waals surface area contributed by atoms with Gasteiger partial charge in [0, 0.05) is 23.1 Å². The Morgan fingerprint density at radius 1 is 0.958 bits per heavy atom. The van der Waals surface area contributed by atoms with E-state index in [9.17, 15) is 0 Å². The summed E-state index contributed by atoms with van der Waals surface area (Å²) in [5.74, 6) is 0.897. The van der Waals surface area contributed by atoms with Crippen LogP contribution in [0.3, 0.4) is 0 Å². The Morgan fingerprint density at radius 3 is 2.46 bits per heavy atom. The molecule has 0 unspecified atom stereocenters. The molecular weight excluding hydrogens is 292 g/mol. The Labute approximate surface area is 144 Å². The number of aromatic amines is 1. The van der Waals surface area contributed by atoms with E-state index in [1.807, 2.05) is 0 Å². The number of piperidine rings is 1. The van der Waals surface area contributed by atoms with Crippen LogP contribution in [-0.2, 0) is 6.42 Å². The van der Waals surface area contributed by atoms with E-state index < -0.39 is 0 Å². The van der Waals surface area contributed by atoms with Crippen molar-refractivity contribution in [2.75, 3.05) is 19.6 Å². The summed E-state index contributed by atoms with van der Waals surface area (Å²) in [6, 6.07) is 19.4. The number of hydrogen-bond acceptors (Lipinski definition) is 1. The van der Waals surface area contributed by atoms with Gasteiger partial charge in [0.05, 0.1) is 0 Å². The molecule has 1 saturated heterocycles. The summed E-state index contributed by atoms with van der Waals surface area (Å²) in [7, 11) is 0. The van der Waals surface area contributed by atoms with Crippen LogP contribution in [0.25, 0.3) is 22.2 Å². The number of aromatic nitrogens is 1. The molecule has 0 radical (unpaired) electrons. The maximum Gasteiger partial charge on any atom is 0.0497 e. The van der Waals surface area contributed by atoms with Crippen molar-refractivity contribution in [2.24, 2.45) is 5.92 Å². The minimum absolute atomic E-state index is 0.897. The van der Waals surface area contributed by atoms with E-state index in [0.717, 1.165) is 18.9 Å². The second kappa shape index (κ2) is 6.82. The molecule has 0 saturated carbocycles. The highest BCUT2D eigenvalue weighted by Gasteiger charge is 2.18. The van der Waals surface area contributed by atoms with Crippen LogP contribution in [0.2, 0.25) is 0 Å². The van der Waals surface area contributed by atoms with Gasteiger partial charge in [-0.2, -0.15) is 0 Å². The Kier molecular flexibility index (Phi) is 4.40. The average Bonchev–Trinajstić information content (AvgIpc) is 3.01. The molecule has 124 valence electrons. The maximum atomic E-state index is 3.66. The lowest BCUT2D eigenvalue weighted by atomic mass is 9.98. The molecule has 1 fully saturated rings. The monoisotopic (exact) mass is 318 g/mol. The average molecular weight is 318 g/mol. The molecular formula is C22H26N2. The van der Waals surface area contributed by atoms with Crippen molar-refractivity contribution >= 4 is 10.9 Å². The van der Waals surface area contributed by atoms with Gasteiger partial charge in [-0.25, -0.2) is 0 Å². The molecule has 2 nitrogen and oxygen atoms in total. The summed E-state index contributed by atoms with van der Waals surface area (Å²) < 4.78 is 0. The normalized spacial score (nSPS) is 16.7. The van der Waals surface area contributed by atoms with Crippen LogP contribution >= 0.6 is 0 Å². The third-order valence-corrected chi connectivity index (χ3v) is 5.43. The van der Waals surface area contributed by atoms with Gasteiger partial charge < -0.3 is 9.88 Å². The summed E-state index contributed by atoms with van der Waals surface area (Å²) in [5, 5.41) is 1.38. The number of likely N-dealkylation sites (tertiary alicyclic amines) is 1.